The lowest BCUT2D eigenvalue weighted by Crippen LogP contribution is -2.20. The first-order valence-corrected chi connectivity index (χ1v) is 7.56. The average molecular weight is 321 g/mol. The fraction of sp³-hybridized carbons (Fsp3) is 0.111. The third kappa shape index (κ3) is 3.38. The highest BCUT2D eigenvalue weighted by molar-refractivity contribution is 6.01. The number of nitrogens with zero attached hydrogens (tertiary/aromatic N) is 2. The molecule has 0 aliphatic rings. The summed E-state index contributed by atoms with van der Waals surface area (Å²) in [6, 6.07) is 16.8. The lowest BCUT2D eigenvalue weighted by molar-refractivity contribution is 0.262. The number of aromatic nitrogens is 2. The van der Waals surface area contributed by atoms with E-state index in [4.69, 9.17) is 5.73 Å². The van der Waals surface area contributed by atoms with Gasteiger partial charge < -0.3 is 11.1 Å². The standard InChI is InChI=1S/C18H19N5O/c1-12-8-9-15(14(19)10-12)20-18(24)21-17-11-16(23(2)22-17)13-6-4-3-5-7-13/h3-11H,19H2,1-2H3,(H2,20,21,22,24). The van der Waals surface area contributed by atoms with E-state index < -0.39 is 0 Å². The molecule has 1 aromatic heterocycles. The van der Waals surface area contributed by atoms with Crippen LogP contribution in [0.15, 0.2) is 54.6 Å². The Hall–Kier alpha value is -3.28. The van der Waals surface area contributed by atoms with Crippen molar-refractivity contribution < 1.29 is 4.79 Å². The molecule has 0 saturated heterocycles. The minimum absolute atomic E-state index is 0.386. The lowest BCUT2D eigenvalue weighted by Gasteiger charge is -2.08. The maximum absolute atomic E-state index is 12.1. The van der Waals surface area contributed by atoms with Crippen LogP contribution in [0.25, 0.3) is 11.3 Å². The summed E-state index contributed by atoms with van der Waals surface area (Å²) in [5, 5.41) is 9.77. The second kappa shape index (κ2) is 6.45. The lowest BCUT2D eigenvalue weighted by atomic mass is 10.1. The second-order valence-corrected chi connectivity index (χ2v) is 5.57. The molecule has 0 unspecified atom stereocenters. The van der Waals surface area contributed by atoms with Gasteiger partial charge in [0.25, 0.3) is 0 Å². The van der Waals surface area contributed by atoms with E-state index in [0.29, 0.717) is 17.2 Å². The van der Waals surface area contributed by atoms with E-state index in [9.17, 15) is 4.79 Å². The maximum atomic E-state index is 12.1. The van der Waals surface area contributed by atoms with Gasteiger partial charge in [-0.3, -0.25) is 10.00 Å². The number of hydrogen-bond donors (Lipinski definition) is 3. The van der Waals surface area contributed by atoms with E-state index in [2.05, 4.69) is 15.7 Å². The van der Waals surface area contributed by atoms with Crippen molar-refractivity contribution in [1.29, 1.82) is 0 Å². The largest absolute Gasteiger partial charge is 0.397 e. The fourth-order valence-corrected chi connectivity index (χ4v) is 2.47. The van der Waals surface area contributed by atoms with Gasteiger partial charge in [-0.15, -0.1) is 0 Å². The zero-order chi connectivity index (χ0) is 17.1. The number of carbonyl (C=O) groups excluding carboxylic acids is 1. The van der Waals surface area contributed by atoms with Crippen LogP contribution in [0.4, 0.5) is 22.0 Å². The molecule has 0 bridgehead atoms. The molecule has 0 saturated carbocycles. The van der Waals surface area contributed by atoms with Gasteiger partial charge in [0, 0.05) is 13.1 Å². The van der Waals surface area contributed by atoms with Crippen LogP contribution in [0.3, 0.4) is 0 Å². The Morgan fingerprint density at radius 3 is 2.54 bits per heavy atom. The van der Waals surface area contributed by atoms with Crippen LogP contribution in [0.5, 0.6) is 0 Å². The molecule has 2 aromatic carbocycles. The molecule has 6 heteroatoms. The maximum Gasteiger partial charge on any atom is 0.324 e. The van der Waals surface area contributed by atoms with Crippen LogP contribution < -0.4 is 16.4 Å². The molecule has 0 radical (unpaired) electrons. The van der Waals surface area contributed by atoms with Gasteiger partial charge in [-0.05, 0) is 30.2 Å². The molecule has 4 N–H and O–H groups in total. The van der Waals surface area contributed by atoms with Crippen molar-refractivity contribution in [3.63, 3.8) is 0 Å². The van der Waals surface area contributed by atoms with Gasteiger partial charge in [0.1, 0.15) is 0 Å². The minimum atomic E-state index is -0.386. The summed E-state index contributed by atoms with van der Waals surface area (Å²) >= 11 is 0. The van der Waals surface area contributed by atoms with Crippen LogP contribution in [0.1, 0.15) is 5.56 Å². The van der Waals surface area contributed by atoms with Crippen LogP contribution >= 0.6 is 0 Å². The average Bonchev–Trinajstić information content (AvgIpc) is 2.91. The van der Waals surface area contributed by atoms with Gasteiger partial charge in [0.05, 0.1) is 17.1 Å². The molecule has 2 amide bonds. The number of rotatable bonds is 3. The van der Waals surface area contributed by atoms with Crippen LogP contribution in [-0.4, -0.2) is 15.8 Å². The van der Waals surface area contributed by atoms with Crippen molar-refractivity contribution in [3.8, 4) is 11.3 Å². The molecule has 3 aromatic rings. The minimum Gasteiger partial charge on any atom is -0.397 e. The first kappa shape index (κ1) is 15.6. The highest BCUT2D eigenvalue weighted by Crippen LogP contribution is 2.22. The number of urea groups is 1. The summed E-state index contributed by atoms with van der Waals surface area (Å²) < 4.78 is 1.73. The van der Waals surface area contributed by atoms with E-state index in [0.717, 1.165) is 16.8 Å². The smallest absolute Gasteiger partial charge is 0.324 e. The van der Waals surface area contributed by atoms with Crippen molar-refractivity contribution in [2.24, 2.45) is 7.05 Å². The molecule has 1 heterocycles. The zero-order valence-electron chi connectivity index (χ0n) is 13.6. The van der Waals surface area contributed by atoms with E-state index in [1.807, 2.05) is 62.5 Å². The summed E-state index contributed by atoms with van der Waals surface area (Å²) in [5.41, 5.74) is 9.98. The molecule has 6 nitrogen and oxygen atoms in total. The number of nitrogen functional groups attached to an aromatic ring is 1. The van der Waals surface area contributed by atoms with Gasteiger partial charge in [0.2, 0.25) is 0 Å². The zero-order valence-corrected chi connectivity index (χ0v) is 13.6. The second-order valence-electron chi connectivity index (χ2n) is 5.57. The molecule has 0 aliphatic carbocycles. The summed E-state index contributed by atoms with van der Waals surface area (Å²) in [7, 11) is 1.84. The molecule has 122 valence electrons. The monoisotopic (exact) mass is 321 g/mol. The van der Waals surface area contributed by atoms with Gasteiger partial charge in [-0.1, -0.05) is 36.4 Å². The normalized spacial score (nSPS) is 10.4. The topological polar surface area (TPSA) is 85.0 Å². The molecule has 3 rings (SSSR count). The SMILES string of the molecule is Cc1ccc(NC(=O)Nc2cc(-c3ccccc3)n(C)n2)c(N)c1. The number of hydrogen-bond acceptors (Lipinski definition) is 3. The number of amides is 2. The van der Waals surface area contributed by atoms with E-state index >= 15 is 0 Å². The van der Waals surface area contributed by atoms with Crippen molar-refractivity contribution in [3.05, 3.63) is 60.2 Å². The molecule has 0 spiro atoms. The van der Waals surface area contributed by atoms with Gasteiger partial charge in [-0.2, -0.15) is 5.10 Å². The molecule has 0 atom stereocenters. The van der Waals surface area contributed by atoms with Gasteiger partial charge >= 0.3 is 6.03 Å². The quantitative estimate of drug-likeness (QED) is 0.644. The number of carbonyl (C=O) groups is 1. The van der Waals surface area contributed by atoms with E-state index in [1.165, 1.54) is 0 Å². The summed E-state index contributed by atoms with van der Waals surface area (Å²) in [4.78, 5) is 12.1. The molecular weight excluding hydrogens is 302 g/mol. The molecule has 0 fully saturated rings. The first-order valence-electron chi connectivity index (χ1n) is 7.56. The number of aryl methyl sites for hydroxylation is 2. The Morgan fingerprint density at radius 2 is 1.83 bits per heavy atom. The number of anilines is 3. The Bertz CT molecular complexity index is 870. The Kier molecular flexibility index (Phi) is 4.20. The first-order chi connectivity index (χ1) is 11.5. The number of nitrogens with one attached hydrogen (secondary N) is 2. The van der Waals surface area contributed by atoms with Gasteiger partial charge in [-0.25, -0.2) is 4.79 Å². The predicted octanol–water partition coefficient (Wildman–Crippen LogP) is 3.62. The number of benzene rings is 2. The molecule has 0 aliphatic heterocycles. The van der Waals surface area contributed by atoms with Gasteiger partial charge in [0.15, 0.2) is 5.82 Å². The van der Waals surface area contributed by atoms with Crippen molar-refractivity contribution in [2.45, 2.75) is 6.92 Å². The number of nitrogens with two attached hydrogens (primary N) is 1. The van der Waals surface area contributed by atoms with Crippen molar-refractivity contribution in [1.82, 2.24) is 9.78 Å². The molecular formula is C18H19N5O. The van der Waals surface area contributed by atoms with Crippen LogP contribution in [-0.2, 0) is 7.05 Å². The highest BCUT2D eigenvalue weighted by Gasteiger charge is 2.11. The van der Waals surface area contributed by atoms with E-state index in [1.54, 1.807) is 10.7 Å². The highest BCUT2D eigenvalue weighted by atomic mass is 16.2. The fourth-order valence-electron chi connectivity index (χ4n) is 2.47. The third-order valence-electron chi connectivity index (χ3n) is 3.65. The Labute approximate surface area is 140 Å². The third-order valence-corrected chi connectivity index (χ3v) is 3.65. The van der Waals surface area contributed by atoms with Crippen molar-refractivity contribution in [2.75, 3.05) is 16.4 Å². The summed E-state index contributed by atoms with van der Waals surface area (Å²) in [6.07, 6.45) is 0. The van der Waals surface area contributed by atoms with E-state index in [-0.39, 0.29) is 6.03 Å². The van der Waals surface area contributed by atoms with Crippen molar-refractivity contribution >= 4 is 23.2 Å². The van der Waals surface area contributed by atoms with Crippen LogP contribution in [0.2, 0.25) is 0 Å². The Morgan fingerprint density at radius 1 is 1.08 bits per heavy atom. The van der Waals surface area contributed by atoms with Crippen LogP contribution in [0, 0.1) is 6.92 Å². The predicted molar refractivity (Wildman–Crippen MR) is 96.9 cm³/mol. The summed E-state index contributed by atoms with van der Waals surface area (Å²) in [6.45, 7) is 1.94. The molecule has 24 heavy (non-hydrogen) atoms. The Balaban J connectivity index is 1.73. The summed E-state index contributed by atoms with van der Waals surface area (Å²) in [5.74, 6) is 0.472.